The second-order valence-electron chi connectivity index (χ2n) is 4.53. The molecule has 1 aromatic carbocycles. The first kappa shape index (κ1) is 15.2. The zero-order chi connectivity index (χ0) is 15.5. The molecule has 0 aliphatic heterocycles. The molecule has 0 bridgehead atoms. The van der Waals surface area contributed by atoms with Crippen LogP contribution in [0.15, 0.2) is 30.3 Å². The van der Waals surface area contributed by atoms with Gasteiger partial charge in [-0.3, -0.25) is 0 Å². The van der Waals surface area contributed by atoms with Crippen LogP contribution in [-0.4, -0.2) is 36.8 Å². The van der Waals surface area contributed by atoms with Crippen LogP contribution in [0.1, 0.15) is 16.9 Å². The van der Waals surface area contributed by atoms with E-state index >= 15 is 0 Å². The van der Waals surface area contributed by atoms with Crippen LogP contribution in [-0.2, 0) is 10.0 Å². The number of carboxylic acid groups (broad SMARTS) is 1. The average Bonchev–Trinajstić information content (AvgIpc) is 2.42. The fraction of sp³-hybridized carbons (Fsp3) is 0.231. The van der Waals surface area contributed by atoms with Gasteiger partial charge in [-0.15, -0.1) is 0 Å². The van der Waals surface area contributed by atoms with Crippen LogP contribution in [0, 0.1) is 0 Å². The van der Waals surface area contributed by atoms with Gasteiger partial charge < -0.3 is 10.4 Å². The number of nitrogens with one attached hydrogen (secondary N) is 1. The quantitative estimate of drug-likeness (QED) is 0.685. The highest BCUT2D eigenvalue weighted by Crippen LogP contribution is 2.22. The van der Waals surface area contributed by atoms with E-state index in [-0.39, 0.29) is 11.4 Å². The number of anilines is 1. The minimum Gasteiger partial charge on any atom is -0.477 e. The fourth-order valence-corrected chi connectivity index (χ4v) is 2.47. The predicted octanol–water partition coefficient (Wildman–Crippen LogP) is 1.02. The lowest BCUT2D eigenvalue weighted by atomic mass is 10.1. The summed E-state index contributed by atoms with van der Waals surface area (Å²) in [5, 5.41) is 18.5. The number of hydrogen-bond acceptors (Lipinski definition) is 5. The van der Waals surface area contributed by atoms with Crippen molar-refractivity contribution in [1.82, 2.24) is 4.98 Å². The Hall–Kier alpha value is -2.19. The van der Waals surface area contributed by atoms with Gasteiger partial charge in [-0.25, -0.2) is 23.3 Å². The Kier molecular flexibility index (Phi) is 4.39. The van der Waals surface area contributed by atoms with Crippen molar-refractivity contribution in [1.29, 1.82) is 0 Å². The number of rotatable bonds is 6. The van der Waals surface area contributed by atoms with E-state index in [0.29, 0.717) is 18.8 Å². The van der Waals surface area contributed by atoms with Gasteiger partial charge >= 0.3 is 5.97 Å². The van der Waals surface area contributed by atoms with Crippen molar-refractivity contribution < 1.29 is 18.3 Å². The lowest BCUT2D eigenvalue weighted by Crippen LogP contribution is -2.19. The Morgan fingerprint density at radius 1 is 1.33 bits per heavy atom. The van der Waals surface area contributed by atoms with Gasteiger partial charge in [-0.1, -0.05) is 24.3 Å². The van der Waals surface area contributed by atoms with Crippen LogP contribution >= 0.6 is 0 Å². The van der Waals surface area contributed by atoms with Gasteiger partial charge in [0.25, 0.3) is 0 Å². The molecule has 0 atom stereocenters. The maximum Gasteiger partial charge on any atom is 0.354 e. The van der Waals surface area contributed by atoms with E-state index in [9.17, 15) is 13.2 Å². The van der Waals surface area contributed by atoms with Crippen LogP contribution in [0.3, 0.4) is 0 Å². The summed E-state index contributed by atoms with van der Waals surface area (Å²) in [6, 6.07) is 8.72. The van der Waals surface area contributed by atoms with Crippen LogP contribution in [0.2, 0.25) is 0 Å². The number of pyridine rings is 1. The number of nitrogens with zero attached hydrogens (tertiary/aromatic N) is 1. The third-order valence-corrected chi connectivity index (χ3v) is 3.72. The molecule has 1 aromatic heterocycles. The monoisotopic (exact) mass is 309 g/mol. The van der Waals surface area contributed by atoms with E-state index in [4.69, 9.17) is 10.2 Å². The van der Waals surface area contributed by atoms with Crippen LogP contribution in [0.4, 0.5) is 5.82 Å². The first-order valence-corrected chi connectivity index (χ1v) is 7.96. The van der Waals surface area contributed by atoms with Gasteiger partial charge in [0, 0.05) is 11.9 Å². The molecule has 0 unspecified atom stereocenters. The number of carbonyl (C=O) groups is 1. The van der Waals surface area contributed by atoms with Crippen molar-refractivity contribution in [2.75, 3.05) is 17.6 Å². The third kappa shape index (κ3) is 4.14. The first-order valence-electron chi connectivity index (χ1n) is 6.24. The second kappa shape index (κ2) is 6.06. The minimum atomic E-state index is -3.50. The van der Waals surface area contributed by atoms with Crippen molar-refractivity contribution >= 4 is 32.6 Å². The highest BCUT2D eigenvalue weighted by molar-refractivity contribution is 7.89. The lowest BCUT2D eigenvalue weighted by molar-refractivity contribution is 0.0691. The summed E-state index contributed by atoms with van der Waals surface area (Å²) in [4.78, 5) is 15.1. The standard InChI is InChI=1S/C13H15N3O4S/c14-21(19,20)7-3-6-15-12-10-5-2-1-4-9(10)8-11(16-12)13(17)18/h1-2,4-5,8H,3,6-7H2,(H,15,16)(H,17,18)(H2,14,19,20). The smallest absolute Gasteiger partial charge is 0.354 e. The number of benzene rings is 1. The van der Waals surface area contributed by atoms with Gasteiger partial charge in [0.05, 0.1) is 5.75 Å². The van der Waals surface area contributed by atoms with E-state index in [0.717, 1.165) is 10.8 Å². The predicted molar refractivity (Wildman–Crippen MR) is 79.8 cm³/mol. The highest BCUT2D eigenvalue weighted by Gasteiger charge is 2.10. The van der Waals surface area contributed by atoms with E-state index in [2.05, 4.69) is 10.3 Å². The number of fused-ring (bicyclic) bond motifs is 1. The molecule has 7 nitrogen and oxygen atoms in total. The van der Waals surface area contributed by atoms with Crippen molar-refractivity contribution in [2.24, 2.45) is 5.14 Å². The number of aromatic nitrogens is 1. The molecule has 0 spiro atoms. The van der Waals surface area contributed by atoms with Gasteiger partial charge in [-0.05, 0) is 17.9 Å². The number of nitrogens with two attached hydrogens (primary N) is 1. The van der Waals surface area contributed by atoms with E-state index in [1.54, 1.807) is 12.1 Å². The molecule has 21 heavy (non-hydrogen) atoms. The molecule has 0 amide bonds. The van der Waals surface area contributed by atoms with Gasteiger partial charge in [0.15, 0.2) is 5.69 Å². The summed E-state index contributed by atoms with van der Waals surface area (Å²) in [6.45, 7) is 0.330. The van der Waals surface area contributed by atoms with Crippen molar-refractivity contribution in [3.63, 3.8) is 0 Å². The van der Waals surface area contributed by atoms with Crippen LogP contribution in [0.5, 0.6) is 0 Å². The van der Waals surface area contributed by atoms with Gasteiger partial charge in [0.2, 0.25) is 10.0 Å². The zero-order valence-electron chi connectivity index (χ0n) is 11.1. The zero-order valence-corrected chi connectivity index (χ0v) is 11.9. The summed E-state index contributed by atoms with van der Waals surface area (Å²) < 4.78 is 21.7. The maximum absolute atomic E-state index is 11.1. The average molecular weight is 309 g/mol. The molecular weight excluding hydrogens is 294 g/mol. The van der Waals surface area contributed by atoms with Crippen LogP contribution < -0.4 is 10.5 Å². The number of carboxylic acids is 1. The molecule has 0 radical (unpaired) electrons. The molecule has 8 heteroatoms. The summed E-state index contributed by atoms with van der Waals surface area (Å²) in [6.07, 6.45) is 0.312. The molecule has 1 heterocycles. The SMILES string of the molecule is NS(=O)(=O)CCCNc1nc(C(=O)O)cc2ccccc12. The molecule has 0 fully saturated rings. The van der Waals surface area contributed by atoms with E-state index in [1.807, 2.05) is 12.1 Å². The van der Waals surface area contributed by atoms with Crippen molar-refractivity contribution in [3.05, 3.63) is 36.0 Å². The fourth-order valence-electron chi connectivity index (χ4n) is 1.92. The summed E-state index contributed by atoms with van der Waals surface area (Å²) in [5.74, 6) is -0.843. The molecule has 2 rings (SSSR count). The molecule has 4 N–H and O–H groups in total. The Labute approximate surface area is 121 Å². The first-order chi connectivity index (χ1) is 9.87. The summed E-state index contributed by atoms with van der Waals surface area (Å²) in [5.41, 5.74) is -0.0670. The Morgan fingerprint density at radius 2 is 2.05 bits per heavy atom. The molecule has 0 aliphatic carbocycles. The largest absolute Gasteiger partial charge is 0.477 e. The number of hydrogen-bond donors (Lipinski definition) is 3. The summed E-state index contributed by atoms with van der Waals surface area (Å²) in [7, 11) is -3.50. The number of aromatic carboxylic acids is 1. The molecule has 0 saturated carbocycles. The molecule has 0 saturated heterocycles. The normalized spacial score (nSPS) is 11.5. The van der Waals surface area contributed by atoms with E-state index < -0.39 is 16.0 Å². The Morgan fingerprint density at radius 3 is 2.71 bits per heavy atom. The lowest BCUT2D eigenvalue weighted by Gasteiger charge is -2.09. The highest BCUT2D eigenvalue weighted by atomic mass is 32.2. The molecule has 0 aliphatic rings. The van der Waals surface area contributed by atoms with Crippen molar-refractivity contribution in [3.8, 4) is 0 Å². The number of sulfonamides is 1. The summed E-state index contributed by atoms with van der Waals surface area (Å²) >= 11 is 0. The second-order valence-corrected chi connectivity index (χ2v) is 6.26. The number of primary sulfonamides is 1. The molecule has 112 valence electrons. The van der Waals surface area contributed by atoms with Crippen molar-refractivity contribution in [2.45, 2.75) is 6.42 Å². The van der Waals surface area contributed by atoms with Gasteiger partial charge in [0.1, 0.15) is 5.82 Å². The Bertz CT molecular complexity index is 774. The van der Waals surface area contributed by atoms with Gasteiger partial charge in [-0.2, -0.15) is 0 Å². The van der Waals surface area contributed by atoms with E-state index in [1.165, 1.54) is 6.07 Å². The maximum atomic E-state index is 11.1. The molecular formula is C13H15N3O4S. The Balaban J connectivity index is 2.23. The topological polar surface area (TPSA) is 122 Å². The minimum absolute atomic E-state index is 0.0670. The third-order valence-electron chi connectivity index (χ3n) is 2.86. The van der Waals surface area contributed by atoms with Crippen LogP contribution in [0.25, 0.3) is 10.8 Å². The molecule has 2 aromatic rings.